The van der Waals surface area contributed by atoms with Crippen LogP contribution in [0.15, 0.2) is 0 Å². The molecule has 1 fully saturated rings. The van der Waals surface area contributed by atoms with Crippen LogP contribution in [0, 0.1) is 5.92 Å². The lowest BCUT2D eigenvalue weighted by Crippen LogP contribution is -2.20. The molecule has 0 spiro atoms. The molecular weight excluding hydrogens is 142 g/mol. The third-order valence-electron chi connectivity index (χ3n) is 2.33. The lowest BCUT2D eigenvalue weighted by atomic mass is 10.3. The highest BCUT2D eigenvalue weighted by atomic mass is 32.2. The zero-order valence-electron chi connectivity index (χ0n) is 6.89. The molecule has 0 aromatic carbocycles. The third kappa shape index (κ3) is 1.48. The van der Waals surface area contributed by atoms with Crippen LogP contribution in [0.25, 0.3) is 0 Å². The van der Waals surface area contributed by atoms with Gasteiger partial charge in [0, 0.05) is 11.3 Å². The maximum Gasteiger partial charge on any atom is 0.0311 e. The first-order valence-corrected chi connectivity index (χ1v) is 5.08. The van der Waals surface area contributed by atoms with Gasteiger partial charge in [-0.1, -0.05) is 13.8 Å². The van der Waals surface area contributed by atoms with Gasteiger partial charge >= 0.3 is 0 Å². The fourth-order valence-electron chi connectivity index (χ4n) is 1.31. The number of hydrogen-bond donors (Lipinski definition) is 1. The second kappa shape index (κ2) is 3.14. The molecule has 1 saturated carbocycles. The Morgan fingerprint density at radius 3 is 2.60 bits per heavy atom. The summed E-state index contributed by atoms with van der Waals surface area (Å²) in [5.74, 6) is 2.15. The molecule has 2 N–H and O–H groups in total. The van der Waals surface area contributed by atoms with E-state index in [4.69, 9.17) is 5.73 Å². The van der Waals surface area contributed by atoms with E-state index in [1.54, 1.807) is 0 Å². The Morgan fingerprint density at radius 1 is 1.70 bits per heavy atom. The van der Waals surface area contributed by atoms with Gasteiger partial charge in [0.25, 0.3) is 0 Å². The Morgan fingerprint density at radius 2 is 2.30 bits per heavy atom. The van der Waals surface area contributed by atoms with Crippen molar-refractivity contribution in [3.05, 3.63) is 0 Å². The van der Waals surface area contributed by atoms with Gasteiger partial charge in [-0.2, -0.15) is 11.8 Å². The quantitative estimate of drug-likeness (QED) is 0.677. The highest BCUT2D eigenvalue weighted by Gasteiger charge is 2.49. The molecule has 0 aromatic rings. The van der Waals surface area contributed by atoms with E-state index in [2.05, 4.69) is 25.6 Å². The van der Waals surface area contributed by atoms with Gasteiger partial charge in [0.15, 0.2) is 0 Å². The largest absolute Gasteiger partial charge is 0.329 e. The molecule has 0 heterocycles. The number of nitrogens with two attached hydrogens (primary N) is 1. The van der Waals surface area contributed by atoms with E-state index in [0.29, 0.717) is 4.75 Å². The molecule has 2 heteroatoms. The second-order valence-corrected chi connectivity index (χ2v) is 4.73. The van der Waals surface area contributed by atoms with Crippen molar-refractivity contribution in [1.29, 1.82) is 0 Å². The van der Waals surface area contributed by atoms with Crippen LogP contribution in [-0.4, -0.2) is 17.0 Å². The van der Waals surface area contributed by atoms with Gasteiger partial charge in [-0.25, -0.2) is 0 Å². The molecule has 0 bridgehead atoms. The normalized spacial score (nSPS) is 38.1. The van der Waals surface area contributed by atoms with Crippen LogP contribution >= 0.6 is 11.8 Å². The van der Waals surface area contributed by atoms with Crippen LogP contribution in [0.3, 0.4) is 0 Å². The van der Waals surface area contributed by atoms with Crippen molar-refractivity contribution in [2.24, 2.45) is 11.7 Å². The first-order valence-electron chi connectivity index (χ1n) is 4.09. The molecule has 10 heavy (non-hydrogen) atoms. The first kappa shape index (κ1) is 8.41. The van der Waals surface area contributed by atoms with Gasteiger partial charge in [-0.05, 0) is 24.5 Å². The SMILES string of the molecule is CCCSC1(CN)CC1C. The van der Waals surface area contributed by atoms with E-state index in [9.17, 15) is 0 Å². The van der Waals surface area contributed by atoms with Crippen LogP contribution in [0.5, 0.6) is 0 Å². The zero-order valence-corrected chi connectivity index (χ0v) is 7.71. The maximum absolute atomic E-state index is 5.68. The molecule has 60 valence electrons. The van der Waals surface area contributed by atoms with Gasteiger partial charge in [-0.15, -0.1) is 0 Å². The minimum atomic E-state index is 0.496. The number of hydrogen-bond acceptors (Lipinski definition) is 2. The average Bonchev–Trinajstić information content (AvgIpc) is 2.59. The summed E-state index contributed by atoms with van der Waals surface area (Å²) in [4.78, 5) is 0. The van der Waals surface area contributed by atoms with Crippen LogP contribution in [0.1, 0.15) is 26.7 Å². The van der Waals surface area contributed by atoms with Crippen LogP contribution < -0.4 is 5.73 Å². The van der Waals surface area contributed by atoms with Gasteiger partial charge in [0.2, 0.25) is 0 Å². The van der Waals surface area contributed by atoms with Crippen LogP contribution in [0.4, 0.5) is 0 Å². The van der Waals surface area contributed by atoms with Gasteiger partial charge in [0.1, 0.15) is 0 Å². The Hall–Kier alpha value is 0.310. The van der Waals surface area contributed by atoms with E-state index in [0.717, 1.165) is 12.5 Å². The molecule has 2 atom stereocenters. The van der Waals surface area contributed by atoms with Gasteiger partial charge in [0.05, 0.1) is 0 Å². The molecule has 2 unspecified atom stereocenters. The molecular formula is C8H17NS. The summed E-state index contributed by atoms with van der Waals surface area (Å²) in [5, 5.41) is 0. The van der Waals surface area contributed by atoms with E-state index in [-0.39, 0.29) is 0 Å². The fraction of sp³-hybridized carbons (Fsp3) is 1.00. The molecule has 1 nitrogen and oxygen atoms in total. The average molecular weight is 159 g/mol. The summed E-state index contributed by atoms with van der Waals surface area (Å²) in [5.41, 5.74) is 5.68. The van der Waals surface area contributed by atoms with Crippen molar-refractivity contribution in [3.8, 4) is 0 Å². The van der Waals surface area contributed by atoms with E-state index in [1.165, 1.54) is 18.6 Å². The van der Waals surface area contributed by atoms with E-state index < -0.39 is 0 Å². The smallest absolute Gasteiger partial charge is 0.0311 e. The summed E-state index contributed by atoms with van der Waals surface area (Å²) in [6, 6.07) is 0. The molecule has 0 radical (unpaired) electrons. The summed E-state index contributed by atoms with van der Waals surface area (Å²) in [7, 11) is 0. The Bertz CT molecular complexity index is 112. The Balaban J connectivity index is 2.23. The summed E-state index contributed by atoms with van der Waals surface area (Å²) in [6.07, 6.45) is 2.62. The van der Waals surface area contributed by atoms with Crippen molar-refractivity contribution in [2.75, 3.05) is 12.3 Å². The topological polar surface area (TPSA) is 26.0 Å². The molecule has 0 amide bonds. The standard InChI is InChI=1S/C8H17NS/c1-3-4-10-8(6-9)5-7(8)2/h7H,3-6,9H2,1-2H3. The van der Waals surface area contributed by atoms with Crippen molar-refractivity contribution in [1.82, 2.24) is 0 Å². The predicted molar refractivity (Wildman–Crippen MR) is 48.3 cm³/mol. The van der Waals surface area contributed by atoms with E-state index in [1.807, 2.05) is 0 Å². The summed E-state index contributed by atoms with van der Waals surface area (Å²) < 4.78 is 0.496. The van der Waals surface area contributed by atoms with Crippen molar-refractivity contribution < 1.29 is 0 Å². The van der Waals surface area contributed by atoms with Crippen molar-refractivity contribution in [2.45, 2.75) is 31.4 Å². The summed E-state index contributed by atoms with van der Waals surface area (Å²) >= 11 is 2.07. The maximum atomic E-state index is 5.68. The molecule has 1 aliphatic carbocycles. The van der Waals surface area contributed by atoms with Crippen LogP contribution in [-0.2, 0) is 0 Å². The first-order chi connectivity index (χ1) is 4.75. The molecule has 0 aliphatic heterocycles. The Kier molecular flexibility index (Phi) is 2.64. The number of rotatable bonds is 4. The third-order valence-corrected chi connectivity index (χ3v) is 4.25. The van der Waals surface area contributed by atoms with Crippen LogP contribution in [0.2, 0.25) is 0 Å². The van der Waals surface area contributed by atoms with E-state index >= 15 is 0 Å². The molecule has 0 aromatic heterocycles. The fourth-order valence-corrected chi connectivity index (χ4v) is 2.69. The molecule has 1 rings (SSSR count). The minimum Gasteiger partial charge on any atom is -0.329 e. The minimum absolute atomic E-state index is 0.496. The monoisotopic (exact) mass is 159 g/mol. The zero-order chi connectivity index (χ0) is 7.61. The van der Waals surface area contributed by atoms with Crippen molar-refractivity contribution >= 4 is 11.8 Å². The van der Waals surface area contributed by atoms with Gasteiger partial charge < -0.3 is 5.73 Å². The van der Waals surface area contributed by atoms with Gasteiger partial charge in [-0.3, -0.25) is 0 Å². The lowest BCUT2D eigenvalue weighted by Gasteiger charge is -2.11. The molecule has 0 saturated heterocycles. The second-order valence-electron chi connectivity index (χ2n) is 3.22. The lowest BCUT2D eigenvalue weighted by molar-refractivity contribution is 0.805. The Labute approximate surface area is 67.8 Å². The highest BCUT2D eigenvalue weighted by Crippen LogP contribution is 2.53. The van der Waals surface area contributed by atoms with Crippen molar-refractivity contribution in [3.63, 3.8) is 0 Å². The predicted octanol–water partition coefficient (Wildman–Crippen LogP) is 1.87. The summed E-state index contributed by atoms with van der Waals surface area (Å²) in [6.45, 7) is 5.40. The molecule has 1 aliphatic rings. The number of thioether (sulfide) groups is 1. The highest BCUT2D eigenvalue weighted by molar-refractivity contribution is 8.01.